The highest BCUT2D eigenvalue weighted by Gasteiger charge is 2.36. The highest BCUT2D eigenvalue weighted by atomic mass is 28.4. The lowest BCUT2D eigenvalue weighted by Crippen LogP contribution is -2.43. The summed E-state index contributed by atoms with van der Waals surface area (Å²) >= 11 is 0. The van der Waals surface area contributed by atoms with E-state index in [0.29, 0.717) is 6.61 Å². The molecular formula is C9H23NO4Si. The molecule has 0 aromatic heterocycles. The van der Waals surface area contributed by atoms with Gasteiger partial charge in [-0.15, -0.1) is 0 Å². The summed E-state index contributed by atoms with van der Waals surface area (Å²) in [4.78, 5) is 5.28. The molecule has 0 atom stereocenters. The van der Waals surface area contributed by atoms with Gasteiger partial charge in [0.15, 0.2) is 0 Å². The summed E-state index contributed by atoms with van der Waals surface area (Å²) in [7, 11) is 4.42. The quantitative estimate of drug-likeness (QED) is 0.444. The first kappa shape index (κ1) is 15.0. The van der Waals surface area contributed by atoms with Gasteiger partial charge in [-0.05, 0) is 13.3 Å². The smallest absolute Gasteiger partial charge is 0.377 e. The van der Waals surface area contributed by atoms with E-state index in [1.165, 1.54) is 0 Å². The van der Waals surface area contributed by atoms with Crippen LogP contribution in [0, 0.1) is 0 Å². The molecule has 0 fully saturated rings. The van der Waals surface area contributed by atoms with E-state index in [-0.39, 0.29) is 0 Å². The van der Waals surface area contributed by atoms with E-state index in [0.717, 1.165) is 19.0 Å². The van der Waals surface area contributed by atoms with Crippen molar-refractivity contribution in [2.24, 2.45) is 0 Å². The Hall–Kier alpha value is 0.0169. The minimum absolute atomic E-state index is 0.692. The van der Waals surface area contributed by atoms with Gasteiger partial charge in [0.25, 0.3) is 0 Å². The van der Waals surface area contributed by atoms with Gasteiger partial charge in [-0.1, -0.05) is 0 Å². The molecule has 0 aromatic carbocycles. The Labute approximate surface area is 93.6 Å². The van der Waals surface area contributed by atoms with Gasteiger partial charge in [0.2, 0.25) is 0 Å². The van der Waals surface area contributed by atoms with E-state index in [1.807, 2.05) is 19.0 Å². The van der Waals surface area contributed by atoms with Gasteiger partial charge in [0.1, 0.15) is 0 Å². The van der Waals surface area contributed by atoms with E-state index >= 15 is 0 Å². The first-order valence-corrected chi connectivity index (χ1v) is 7.06. The molecule has 92 valence electrons. The highest BCUT2D eigenvalue weighted by molar-refractivity contribution is 6.60. The second-order valence-electron chi connectivity index (χ2n) is 3.17. The lowest BCUT2D eigenvalue weighted by molar-refractivity contribution is -0.134. The SMILES string of the molecule is CCON(C)CCC[Si](OC)(OC)OC. The molecule has 0 rings (SSSR count). The van der Waals surface area contributed by atoms with Crippen molar-refractivity contribution in [3.63, 3.8) is 0 Å². The number of nitrogens with zero attached hydrogens (tertiary/aromatic N) is 1. The fraction of sp³-hybridized carbons (Fsp3) is 1.00. The monoisotopic (exact) mass is 237 g/mol. The van der Waals surface area contributed by atoms with Gasteiger partial charge in [-0.25, -0.2) is 0 Å². The predicted octanol–water partition coefficient (Wildman–Crippen LogP) is 1.14. The molecule has 0 N–H and O–H groups in total. The van der Waals surface area contributed by atoms with Crippen LogP contribution in [0.25, 0.3) is 0 Å². The third kappa shape index (κ3) is 5.60. The molecule has 0 unspecified atom stereocenters. The largest absolute Gasteiger partial charge is 0.500 e. The maximum atomic E-state index is 5.31. The molecule has 5 nitrogen and oxygen atoms in total. The first-order chi connectivity index (χ1) is 7.14. The van der Waals surface area contributed by atoms with Crippen LogP contribution in [0.4, 0.5) is 0 Å². The van der Waals surface area contributed by atoms with Gasteiger partial charge in [0, 0.05) is 41.0 Å². The van der Waals surface area contributed by atoms with Gasteiger partial charge in [0.05, 0.1) is 6.61 Å². The maximum absolute atomic E-state index is 5.31. The van der Waals surface area contributed by atoms with Gasteiger partial charge in [-0.3, -0.25) is 4.84 Å². The zero-order valence-electron chi connectivity index (χ0n) is 10.4. The standard InChI is InChI=1S/C9H23NO4Si/c1-6-14-10(2)8-7-9-15(11-3,12-4)13-5/h6-9H2,1-5H3. The molecule has 0 saturated carbocycles. The minimum atomic E-state index is -2.39. The van der Waals surface area contributed by atoms with E-state index in [4.69, 9.17) is 18.1 Å². The summed E-state index contributed by atoms with van der Waals surface area (Å²) in [6.07, 6.45) is 0.929. The molecule has 0 radical (unpaired) electrons. The lowest BCUT2D eigenvalue weighted by atomic mass is 10.5. The molecule has 0 aliphatic rings. The second kappa shape index (κ2) is 8.20. The highest BCUT2D eigenvalue weighted by Crippen LogP contribution is 2.14. The van der Waals surface area contributed by atoms with E-state index in [1.54, 1.807) is 21.3 Å². The summed E-state index contributed by atoms with van der Waals surface area (Å²) in [5, 5.41) is 1.82. The third-order valence-corrected chi connectivity index (χ3v) is 5.07. The van der Waals surface area contributed by atoms with Gasteiger partial charge in [-0.2, -0.15) is 5.06 Å². The fourth-order valence-corrected chi connectivity index (χ4v) is 3.06. The van der Waals surface area contributed by atoms with Gasteiger partial charge >= 0.3 is 8.80 Å². The minimum Gasteiger partial charge on any atom is -0.377 e. The molecule has 0 aromatic rings. The van der Waals surface area contributed by atoms with Crippen molar-refractivity contribution in [2.75, 3.05) is 41.5 Å². The zero-order valence-corrected chi connectivity index (χ0v) is 11.4. The van der Waals surface area contributed by atoms with Crippen LogP contribution in [0.2, 0.25) is 6.04 Å². The van der Waals surface area contributed by atoms with Crippen molar-refractivity contribution in [3.05, 3.63) is 0 Å². The fourth-order valence-electron chi connectivity index (χ4n) is 1.36. The summed E-state index contributed by atoms with van der Waals surface area (Å²) in [5.41, 5.74) is 0. The number of rotatable bonds is 9. The van der Waals surface area contributed by atoms with Crippen molar-refractivity contribution in [1.29, 1.82) is 0 Å². The molecule has 0 aliphatic heterocycles. The summed E-state index contributed by atoms with van der Waals surface area (Å²) in [6.45, 7) is 3.51. The summed E-state index contributed by atoms with van der Waals surface area (Å²) < 4.78 is 15.9. The average molecular weight is 237 g/mol. The summed E-state index contributed by atoms with van der Waals surface area (Å²) in [5.74, 6) is 0. The molecule has 0 heterocycles. The predicted molar refractivity (Wildman–Crippen MR) is 60.5 cm³/mol. The maximum Gasteiger partial charge on any atom is 0.500 e. The van der Waals surface area contributed by atoms with Crippen LogP contribution in [0.5, 0.6) is 0 Å². The van der Waals surface area contributed by atoms with Crippen molar-refractivity contribution >= 4 is 8.80 Å². The van der Waals surface area contributed by atoms with Gasteiger partial charge < -0.3 is 13.3 Å². The molecule has 6 heteroatoms. The molecule has 0 spiro atoms. The Morgan fingerprint density at radius 2 is 1.60 bits per heavy atom. The van der Waals surface area contributed by atoms with Crippen molar-refractivity contribution in [2.45, 2.75) is 19.4 Å². The van der Waals surface area contributed by atoms with Crippen LogP contribution in [-0.2, 0) is 18.1 Å². The van der Waals surface area contributed by atoms with E-state index in [2.05, 4.69) is 0 Å². The lowest BCUT2D eigenvalue weighted by Gasteiger charge is -2.25. The summed E-state index contributed by atoms with van der Waals surface area (Å²) in [6, 6.07) is 0.800. The van der Waals surface area contributed by atoms with E-state index in [9.17, 15) is 0 Å². The second-order valence-corrected chi connectivity index (χ2v) is 6.26. The Morgan fingerprint density at radius 3 is 2.00 bits per heavy atom. The number of hydrogen-bond acceptors (Lipinski definition) is 5. The third-order valence-electron chi connectivity index (χ3n) is 2.24. The molecule has 15 heavy (non-hydrogen) atoms. The molecule has 0 amide bonds. The Bertz CT molecular complexity index is 147. The van der Waals surface area contributed by atoms with Crippen LogP contribution in [0.15, 0.2) is 0 Å². The Balaban J connectivity index is 3.80. The molecule has 0 aliphatic carbocycles. The Kier molecular flexibility index (Phi) is 8.21. The van der Waals surface area contributed by atoms with Crippen molar-refractivity contribution in [1.82, 2.24) is 5.06 Å². The normalized spacial score (nSPS) is 12.4. The molecular weight excluding hydrogens is 214 g/mol. The van der Waals surface area contributed by atoms with Crippen LogP contribution in [0.1, 0.15) is 13.3 Å². The number of hydroxylamine groups is 2. The van der Waals surface area contributed by atoms with Crippen LogP contribution in [0.3, 0.4) is 0 Å². The topological polar surface area (TPSA) is 40.2 Å². The van der Waals surface area contributed by atoms with Crippen LogP contribution < -0.4 is 0 Å². The van der Waals surface area contributed by atoms with Crippen molar-refractivity contribution < 1.29 is 18.1 Å². The van der Waals surface area contributed by atoms with E-state index < -0.39 is 8.80 Å². The average Bonchev–Trinajstić information content (AvgIpc) is 2.25. The zero-order chi connectivity index (χ0) is 11.7. The van der Waals surface area contributed by atoms with Crippen LogP contribution >= 0.6 is 0 Å². The first-order valence-electron chi connectivity index (χ1n) is 5.13. The molecule has 0 saturated heterocycles. The Morgan fingerprint density at radius 1 is 1.07 bits per heavy atom. The molecule has 0 bridgehead atoms. The van der Waals surface area contributed by atoms with Crippen LogP contribution in [-0.4, -0.2) is 55.4 Å². The number of hydrogen-bond donors (Lipinski definition) is 0. The van der Waals surface area contributed by atoms with Crippen molar-refractivity contribution in [3.8, 4) is 0 Å².